The third-order valence-corrected chi connectivity index (χ3v) is 11.1. The smallest absolute Gasteiger partial charge is 0.178 e. The number of aliphatic hydroxyl groups excluding tert-OH is 1. The molecule has 206 valence electrons. The normalized spacial score (nSPS) is 41.9. The Hall–Kier alpha value is -2.18. The summed E-state index contributed by atoms with van der Waals surface area (Å²) in [6.07, 6.45) is 4.39. The van der Waals surface area contributed by atoms with Gasteiger partial charge in [-0.3, -0.25) is 9.59 Å². The van der Waals surface area contributed by atoms with Crippen LogP contribution in [-0.2, 0) is 16.0 Å². The van der Waals surface area contributed by atoms with E-state index in [1.807, 2.05) is 32.2 Å². The van der Waals surface area contributed by atoms with Crippen LogP contribution in [0.25, 0.3) is 0 Å². The maximum Gasteiger partial charge on any atom is 0.178 e. The lowest BCUT2D eigenvalue weighted by Gasteiger charge is -2.63. The van der Waals surface area contributed by atoms with Crippen molar-refractivity contribution in [1.82, 2.24) is 4.90 Å². The van der Waals surface area contributed by atoms with Crippen molar-refractivity contribution in [2.45, 2.75) is 77.2 Å². The Kier molecular flexibility index (Phi) is 6.83. The molecule has 0 radical (unpaired) electrons. The van der Waals surface area contributed by atoms with Gasteiger partial charge >= 0.3 is 0 Å². The van der Waals surface area contributed by atoms with Gasteiger partial charge in [-0.15, -0.1) is 0 Å². The summed E-state index contributed by atoms with van der Waals surface area (Å²) in [4.78, 5) is 27.7. The maximum atomic E-state index is 17.4. The molecule has 5 rings (SSSR count). The zero-order valence-corrected chi connectivity index (χ0v) is 23.1. The highest BCUT2D eigenvalue weighted by atomic mass is 19.1. The molecule has 8 atom stereocenters. The van der Waals surface area contributed by atoms with Crippen molar-refractivity contribution in [3.63, 3.8) is 0 Å². The number of benzene rings is 1. The molecular weight excluding hydrogens is 484 g/mol. The minimum Gasteiger partial charge on any atom is -0.390 e. The quantitative estimate of drug-likeness (QED) is 0.515. The van der Waals surface area contributed by atoms with Gasteiger partial charge in [-0.2, -0.15) is 0 Å². The number of fused-ring (bicyclic) bond motifs is 5. The average molecular weight is 526 g/mol. The average Bonchev–Trinajstić information content (AvgIpc) is 3.15. The maximum absolute atomic E-state index is 17.4. The summed E-state index contributed by atoms with van der Waals surface area (Å²) in [6.45, 7) is 6.65. The molecular formula is C32H41F2NO3. The van der Waals surface area contributed by atoms with Gasteiger partial charge in [0.2, 0.25) is 0 Å². The molecule has 1 aromatic carbocycles. The zero-order valence-electron chi connectivity index (χ0n) is 23.1. The van der Waals surface area contributed by atoms with E-state index in [2.05, 4.69) is 17.0 Å². The first-order chi connectivity index (χ1) is 17.9. The Labute approximate surface area is 225 Å². The van der Waals surface area contributed by atoms with E-state index in [1.54, 1.807) is 13.8 Å². The van der Waals surface area contributed by atoms with E-state index in [0.717, 1.165) is 19.4 Å². The highest BCUT2D eigenvalue weighted by Gasteiger charge is 2.74. The minimum atomic E-state index is -2.10. The number of halogens is 2. The van der Waals surface area contributed by atoms with E-state index in [1.165, 1.54) is 23.8 Å². The molecule has 0 heterocycles. The molecule has 1 N–H and O–H groups in total. The number of allylic oxidation sites excluding steroid dienone is 4. The first kappa shape index (κ1) is 27.4. The standard InChI is InChI=1S/C32H41F2NO3/c1-21(36)31(20-35(4)16-8-11-22-9-6-5-7-10-22)15-13-24-25-18-27(33)26-17-23(37)12-14-29(26,2)32(25,34)28(38)19-30(24,31)3/h5-7,9-10,12,14,17,24-25,27-28,38H,8,11,13,15-16,18-20H2,1-4H3/t24?,25-,27-,28-,29-,30-,31-,32-/m0/s1. The van der Waals surface area contributed by atoms with E-state index in [-0.39, 0.29) is 35.9 Å². The molecule has 4 nitrogen and oxygen atoms in total. The van der Waals surface area contributed by atoms with Crippen molar-refractivity contribution in [2.75, 3.05) is 20.1 Å². The summed E-state index contributed by atoms with van der Waals surface area (Å²) in [5.41, 5.74) is -3.46. The minimum absolute atomic E-state index is 0.0681. The monoisotopic (exact) mass is 525 g/mol. The number of carbonyl (C=O) groups excluding carboxylic acids is 2. The van der Waals surface area contributed by atoms with Crippen molar-refractivity contribution >= 4 is 11.6 Å². The number of alkyl halides is 2. The second kappa shape index (κ2) is 9.48. The predicted molar refractivity (Wildman–Crippen MR) is 144 cm³/mol. The van der Waals surface area contributed by atoms with Crippen molar-refractivity contribution < 1.29 is 23.5 Å². The van der Waals surface area contributed by atoms with Gasteiger partial charge in [0.05, 0.1) is 6.10 Å². The molecule has 4 aliphatic carbocycles. The number of aryl methyl sites for hydroxylation is 1. The van der Waals surface area contributed by atoms with Crippen molar-refractivity contribution in [3.8, 4) is 0 Å². The van der Waals surface area contributed by atoms with Gasteiger partial charge in [0.1, 0.15) is 12.0 Å². The number of ketones is 2. The van der Waals surface area contributed by atoms with E-state index in [4.69, 9.17) is 0 Å². The Bertz CT molecular complexity index is 1170. The third kappa shape index (κ3) is 3.81. The van der Waals surface area contributed by atoms with Crippen LogP contribution in [0.1, 0.15) is 58.4 Å². The lowest BCUT2D eigenvalue weighted by atomic mass is 9.43. The van der Waals surface area contributed by atoms with Gasteiger partial charge in [0.15, 0.2) is 11.5 Å². The molecule has 0 saturated heterocycles. The lowest BCUT2D eigenvalue weighted by molar-refractivity contribution is -0.212. The van der Waals surface area contributed by atoms with Crippen LogP contribution >= 0.6 is 0 Å². The topological polar surface area (TPSA) is 57.6 Å². The summed E-state index contributed by atoms with van der Waals surface area (Å²) < 4.78 is 33.0. The number of Topliss-reactive ketones (excluding diaryl/α,β-unsaturated/α-hetero) is 1. The van der Waals surface area contributed by atoms with E-state index in [0.29, 0.717) is 19.4 Å². The lowest BCUT2D eigenvalue weighted by Crippen LogP contribution is -2.69. The van der Waals surface area contributed by atoms with Crippen LogP contribution in [0.15, 0.2) is 54.1 Å². The van der Waals surface area contributed by atoms with Crippen LogP contribution in [-0.4, -0.2) is 59.7 Å². The van der Waals surface area contributed by atoms with Crippen LogP contribution in [0, 0.1) is 28.1 Å². The van der Waals surface area contributed by atoms with Gasteiger partial charge in [-0.25, -0.2) is 8.78 Å². The Morgan fingerprint density at radius 3 is 2.58 bits per heavy atom. The number of hydrogen-bond acceptors (Lipinski definition) is 4. The fourth-order valence-electron chi connectivity index (χ4n) is 9.01. The fourth-order valence-corrected chi connectivity index (χ4v) is 9.01. The first-order valence-corrected chi connectivity index (χ1v) is 14.1. The van der Waals surface area contributed by atoms with E-state index >= 15 is 8.78 Å². The highest BCUT2D eigenvalue weighted by molar-refractivity contribution is 6.01. The number of carbonyl (C=O) groups is 2. The highest BCUT2D eigenvalue weighted by Crippen LogP contribution is 2.72. The van der Waals surface area contributed by atoms with Gasteiger partial charge in [-0.1, -0.05) is 43.3 Å². The number of aliphatic hydroxyl groups is 1. The second-order valence-electron chi connectivity index (χ2n) is 12.9. The van der Waals surface area contributed by atoms with Crippen LogP contribution < -0.4 is 0 Å². The SMILES string of the molecule is CC(=O)[C@@]1(CN(C)CCCc2ccccc2)CCC2[C@@H]3C[C@H](F)C4=CC(=O)C=C[C@]4(C)[C@@]3(F)[C@@H](O)C[C@@]21C. The second-order valence-corrected chi connectivity index (χ2v) is 12.9. The number of hydrogen-bond donors (Lipinski definition) is 1. The molecule has 0 aliphatic heterocycles. The van der Waals surface area contributed by atoms with Gasteiger partial charge < -0.3 is 10.0 Å². The summed E-state index contributed by atoms with van der Waals surface area (Å²) in [5.74, 6) is -1.25. The van der Waals surface area contributed by atoms with Gasteiger partial charge in [0, 0.05) is 23.3 Å². The first-order valence-electron chi connectivity index (χ1n) is 14.1. The summed E-state index contributed by atoms with van der Waals surface area (Å²) >= 11 is 0. The molecule has 38 heavy (non-hydrogen) atoms. The Morgan fingerprint density at radius 1 is 1.18 bits per heavy atom. The zero-order chi connectivity index (χ0) is 27.5. The molecule has 0 amide bonds. The molecule has 1 aromatic rings. The van der Waals surface area contributed by atoms with Crippen molar-refractivity contribution in [3.05, 3.63) is 59.7 Å². The molecule has 0 bridgehead atoms. The fraction of sp³-hybridized carbons (Fsp3) is 0.625. The number of nitrogens with zero attached hydrogens (tertiary/aromatic N) is 1. The Morgan fingerprint density at radius 2 is 1.89 bits per heavy atom. The summed E-state index contributed by atoms with van der Waals surface area (Å²) in [7, 11) is 2.03. The Balaban J connectivity index is 1.42. The number of rotatable bonds is 7. The van der Waals surface area contributed by atoms with Gasteiger partial charge in [0.25, 0.3) is 0 Å². The van der Waals surface area contributed by atoms with Gasteiger partial charge in [-0.05, 0) is 101 Å². The molecule has 1 unspecified atom stereocenters. The summed E-state index contributed by atoms with van der Waals surface area (Å²) in [5, 5.41) is 11.6. The molecule has 3 fully saturated rings. The summed E-state index contributed by atoms with van der Waals surface area (Å²) in [6, 6.07) is 10.3. The van der Waals surface area contributed by atoms with Crippen LogP contribution in [0.3, 0.4) is 0 Å². The van der Waals surface area contributed by atoms with E-state index < -0.39 is 40.1 Å². The van der Waals surface area contributed by atoms with Crippen molar-refractivity contribution in [1.29, 1.82) is 0 Å². The molecule has 6 heteroatoms. The predicted octanol–water partition coefficient (Wildman–Crippen LogP) is 5.45. The molecule has 0 aromatic heterocycles. The molecule has 3 saturated carbocycles. The van der Waals surface area contributed by atoms with E-state index in [9.17, 15) is 14.7 Å². The van der Waals surface area contributed by atoms with Crippen LogP contribution in [0.5, 0.6) is 0 Å². The molecule has 4 aliphatic rings. The molecule has 0 spiro atoms. The van der Waals surface area contributed by atoms with Crippen LogP contribution in [0.2, 0.25) is 0 Å². The van der Waals surface area contributed by atoms with Crippen molar-refractivity contribution in [2.24, 2.45) is 28.1 Å². The van der Waals surface area contributed by atoms with Crippen LogP contribution in [0.4, 0.5) is 8.78 Å². The largest absolute Gasteiger partial charge is 0.390 e. The third-order valence-electron chi connectivity index (χ3n) is 11.1.